The molecule has 0 spiro atoms. The first-order valence-corrected chi connectivity index (χ1v) is 11.7. The van der Waals surface area contributed by atoms with Crippen LogP contribution in [0.25, 0.3) is 0 Å². The van der Waals surface area contributed by atoms with Crippen LogP contribution in [0.1, 0.15) is 44.0 Å². The lowest BCUT2D eigenvalue weighted by Crippen LogP contribution is -2.19. The first kappa shape index (κ1) is 24.5. The van der Waals surface area contributed by atoms with E-state index >= 15 is 0 Å². The lowest BCUT2D eigenvalue weighted by atomic mass is 9.94. The van der Waals surface area contributed by atoms with Gasteiger partial charge in [-0.2, -0.15) is 0 Å². The number of carbonyl (C=O) groups excluding carboxylic acids is 1. The number of benzene rings is 2. The van der Waals surface area contributed by atoms with Crippen molar-refractivity contribution in [3.05, 3.63) is 58.4 Å². The van der Waals surface area contributed by atoms with Crippen molar-refractivity contribution in [3.8, 4) is 12.3 Å². The molecule has 1 aliphatic carbocycles. The summed E-state index contributed by atoms with van der Waals surface area (Å²) in [6.45, 7) is 6.52. The van der Waals surface area contributed by atoms with Crippen molar-refractivity contribution >= 4 is 35.0 Å². The Morgan fingerprint density at radius 2 is 1.91 bits per heavy atom. The van der Waals surface area contributed by atoms with E-state index in [0.717, 1.165) is 29.9 Å². The Bertz CT molecular complexity index is 1030. The zero-order valence-corrected chi connectivity index (χ0v) is 19.7. The summed E-state index contributed by atoms with van der Waals surface area (Å²) in [6.07, 6.45) is 7.62. The molecule has 1 amide bonds. The first-order chi connectivity index (χ1) is 15.1. The minimum atomic E-state index is -1.58. The van der Waals surface area contributed by atoms with Gasteiger partial charge in [-0.3, -0.25) is 4.79 Å². The van der Waals surface area contributed by atoms with Crippen molar-refractivity contribution in [2.24, 2.45) is 23.7 Å². The van der Waals surface area contributed by atoms with E-state index in [9.17, 15) is 18.0 Å². The third-order valence-electron chi connectivity index (χ3n) is 6.19. The van der Waals surface area contributed by atoms with Gasteiger partial charge in [-0.25, -0.2) is 13.2 Å². The molecule has 1 aliphatic rings. The molecule has 1 N–H and O–H groups in total. The van der Waals surface area contributed by atoms with Crippen molar-refractivity contribution in [2.45, 2.75) is 43.8 Å². The number of hydrogen-bond donors (Lipinski definition) is 1. The summed E-state index contributed by atoms with van der Waals surface area (Å²) in [5.41, 5.74) is 0.117. The van der Waals surface area contributed by atoms with E-state index in [1.807, 2.05) is 0 Å². The van der Waals surface area contributed by atoms with Crippen molar-refractivity contribution in [3.63, 3.8) is 0 Å². The van der Waals surface area contributed by atoms with Crippen molar-refractivity contribution in [1.82, 2.24) is 0 Å². The summed E-state index contributed by atoms with van der Waals surface area (Å²) >= 11 is 8.08. The van der Waals surface area contributed by atoms with E-state index in [1.165, 1.54) is 6.07 Å². The number of nitrogens with one attached hydrogen (secondary N) is 1. The quantitative estimate of drug-likeness (QED) is 0.345. The Hall–Kier alpha value is -2.10. The van der Waals surface area contributed by atoms with Crippen LogP contribution in [-0.2, 0) is 0 Å². The zero-order valence-electron chi connectivity index (χ0n) is 18.1. The molecule has 2 nitrogen and oxygen atoms in total. The van der Waals surface area contributed by atoms with E-state index in [2.05, 4.69) is 32.0 Å². The Kier molecular flexibility index (Phi) is 7.84. The summed E-state index contributed by atoms with van der Waals surface area (Å²) in [7, 11) is 0. The highest BCUT2D eigenvalue weighted by Gasteiger charge is 2.39. The summed E-state index contributed by atoms with van der Waals surface area (Å²) in [4.78, 5) is 13.4. The second-order valence-electron chi connectivity index (χ2n) is 8.57. The maximum Gasteiger partial charge on any atom is 0.255 e. The molecule has 1 saturated carbocycles. The lowest BCUT2D eigenvalue weighted by Gasteiger charge is -2.24. The second-order valence-corrected chi connectivity index (χ2v) is 10.2. The molecule has 0 radical (unpaired) electrons. The van der Waals surface area contributed by atoms with Crippen LogP contribution in [0.15, 0.2) is 35.2 Å². The lowest BCUT2D eigenvalue weighted by molar-refractivity contribution is 0.102. The van der Waals surface area contributed by atoms with Crippen molar-refractivity contribution in [2.75, 3.05) is 5.32 Å². The van der Waals surface area contributed by atoms with Gasteiger partial charge in [0.25, 0.3) is 5.91 Å². The standard InChI is InChI=1S/C25H25ClF3NOS/c1-5-13(2)8-17-9-14(3)15(4)24(17)32-22-10-16(6-7-19(22)26)25(31)30-18-11-20(27)23(29)21(28)12-18/h1,6-7,10-15,17,24H,8-9H2,2-4H3,(H,30,31)/t13?,14-,15?,17?,24?/m0/s1. The molecular weight excluding hydrogens is 455 g/mol. The Balaban J connectivity index is 1.80. The fourth-order valence-corrected chi connectivity index (χ4v) is 6.07. The van der Waals surface area contributed by atoms with Crippen LogP contribution in [0.5, 0.6) is 0 Å². The molecule has 0 aliphatic heterocycles. The number of amides is 1. The molecule has 2 aromatic carbocycles. The van der Waals surface area contributed by atoms with Crippen LogP contribution in [0.3, 0.4) is 0 Å². The SMILES string of the molecule is C#CC(C)CC1C[C@H](C)C(C)C1Sc1cc(C(=O)Nc2cc(F)c(F)c(F)c2)ccc1Cl. The summed E-state index contributed by atoms with van der Waals surface area (Å²) < 4.78 is 40.1. The highest BCUT2D eigenvalue weighted by Crippen LogP contribution is 2.49. The molecule has 7 heteroatoms. The normalized spacial score (nSPS) is 23.6. The Morgan fingerprint density at radius 1 is 1.25 bits per heavy atom. The first-order valence-electron chi connectivity index (χ1n) is 10.5. The van der Waals surface area contributed by atoms with Gasteiger partial charge in [0.1, 0.15) is 0 Å². The summed E-state index contributed by atoms with van der Waals surface area (Å²) in [6, 6.07) is 6.32. The maximum atomic E-state index is 13.5. The monoisotopic (exact) mass is 479 g/mol. The number of anilines is 1. The molecule has 4 unspecified atom stereocenters. The van der Waals surface area contributed by atoms with Crippen molar-refractivity contribution in [1.29, 1.82) is 0 Å². The predicted molar refractivity (Wildman–Crippen MR) is 124 cm³/mol. The van der Waals surface area contributed by atoms with Crippen LogP contribution in [0.2, 0.25) is 5.02 Å². The number of halogens is 4. The number of rotatable bonds is 6. The fraction of sp³-hybridized carbons (Fsp3) is 0.400. The maximum absolute atomic E-state index is 13.5. The van der Waals surface area contributed by atoms with E-state index < -0.39 is 23.4 Å². The number of terminal acetylenes is 1. The van der Waals surface area contributed by atoms with Gasteiger partial charge in [-0.15, -0.1) is 24.1 Å². The van der Waals surface area contributed by atoms with Gasteiger partial charge in [0.15, 0.2) is 17.5 Å². The summed E-state index contributed by atoms with van der Waals surface area (Å²) in [5, 5.41) is 3.24. The molecule has 0 saturated heterocycles. The number of thioether (sulfide) groups is 1. The molecule has 170 valence electrons. The minimum absolute atomic E-state index is 0.169. The highest BCUT2D eigenvalue weighted by atomic mass is 35.5. The van der Waals surface area contributed by atoms with Gasteiger partial charge in [0, 0.05) is 39.4 Å². The van der Waals surface area contributed by atoms with Gasteiger partial charge in [0.2, 0.25) is 0 Å². The second kappa shape index (κ2) is 10.2. The average Bonchev–Trinajstić information content (AvgIpc) is 3.00. The van der Waals surface area contributed by atoms with Gasteiger partial charge in [0.05, 0.1) is 5.02 Å². The van der Waals surface area contributed by atoms with Crippen LogP contribution >= 0.6 is 23.4 Å². The van der Waals surface area contributed by atoms with Gasteiger partial charge in [-0.05, 0) is 48.8 Å². The van der Waals surface area contributed by atoms with E-state index in [-0.39, 0.29) is 17.2 Å². The zero-order chi connectivity index (χ0) is 23.6. The Morgan fingerprint density at radius 3 is 2.53 bits per heavy atom. The molecule has 1 fully saturated rings. The van der Waals surface area contributed by atoms with Crippen LogP contribution in [0, 0.1) is 53.5 Å². The molecule has 32 heavy (non-hydrogen) atoms. The van der Waals surface area contributed by atoms with E-state index in [0.29, 0.717) is 28.0 Å². The van der Waals surface area contributed by atoms with Crippen LogP contribution < -0.4 is 5.32 Å². The van der Waals surface area contributed by atoms with Gasteiger partial charge in [-0.1, -0.05) is 32.4 Å². The third-order valence-corrected chi connectivity index (χ3v) is 8.31. The van der Waals surface area contributed by atoms with Gasteiger partial charge >= 0.3 is 0 Å². The average molecular weight is 480 g/mol. The highest BCUT2D eigenvalue weighted by molar-refractivity contribution is 8.00. The smallest absolute Gasteiger partial charge is 0.255 e. The van der Waals surface area contributed by atoms with Crippen molar-refractivity contribution < 1.29 is 18.0 Å². The predicted octanol–water partition coefficient (Wildman–Crippen LogP) is 7.42. The molecule has 2 aromatic rings. The molecular formula is C25H25ClF3NOS. The molecule has 0 bridgehead atoms. The Labute approximate surface area is 196 Å². The van der Waals surface area contributed by atoms with E-state index in [4.69, 9.17) is 18.0 Å². The minimum Gasteiger partial charge on any atom is -0.322 e. The summed E-state index contributed by atoms with van der Waals surface area (Å²) in [5.74, 6) is -0.454. The molecule has 0 aromatic heterocycles. The topological polar surface area (TPSA) is 29.1 Å². The number of hydrogen-bond acceptors (Lipinski definition) is 2. The van der Waals surface area contributed by atoms with Crippen LogP contribution in [0.4, 0.5) is 18.9 Å². The molecule has 5 atom stereocenters. The number of carbonyl (C=O) groups is 1. The van der Waals surface area contributed by atoms with Gasteiger partial charge < -0.3 is 5.32 Å². The molecule has 3 rings (SSSR count). The molecule has 0 heterocycles. The fourth-order valence-electron chi connectivity index (χ4n) is 4.25. The largest absolute Gasteiger partial charge is 0.322 e. The van der Waals surface area contributed by atoms with Crippen LogP contribution in [-0.4, -0.2) is 11.2 Å². The van der Waals surface area contributed by atoms with E-state index in [1.54, 1.807) is 23.9 Å². The third kappa shape index (κ3) is 5.44.